The van der Waals surface area contributed by atoms with Crippen molar-refractivity contribution in [2.75, 3.05) is 26.2 Å². The summed E-state index contributed by atoms with van der Waals surface area (Å²) in [6.07, 6.45) is 2.95. The predicted molar refractivity (Wildman–Crippen MR) is 100 cm³/mol. The minimum atomic E-state index is 0. The zero-order valence-corrected chi connectivity index (χ0v) is 15.6. The molecule has 0 atom stereocenters. The molecule has 1 aromatic rings. The second-order valence-corrected chi connectivity index (χ2v) is 4.58. The van der Waals surface area contributed by atoms with E-state index in [1.807, 2.05) is 32.0 Å². The van der Waals surface area contributed by atoms with Gasteiger partial charge in [-0.1, -0.05) is 6.07 Å². The summed E-state index contributed by atoms with van der Waals surface area (Å²) >= 11 is 0. The third-order valence-corrected chi connectivity index (χ3v) is 3.14. The number of pyridine rings is 1. The first-order valence-corrected chi connectivity index (χ1v) is 7.38. The van der Waals surface area contributed by atoms with Gasteiger partial charge in [-0.15, -0.1) is 24.0 Å². The summed E-state index contributed by atoms with van der Waals surface area (Å²) in [5, 5.41) is 3.02. The van der Waals surface area contributed by atoms with Crippen LogP contribution >= 0.6 is 24.0 Å². The minimum Gasteiger partial charge on any atom is -0.370 e. The molecule has 0 unspecified atom stereocenters. The Morgan fingerprint density at radius 2 is 2.09 bits per heavy atom. The van der Waals surface area contributed by atoms with Crippen LogP contribution in [0.4, 0.5) is 0 Å². The molecule has 1 aromatic heterocycles. The van der Waals surface area contributed by atoms with Gasteiger partial charge in [0.1, 0.15) is 0 Å². The van der Waals surface area contributed by atoms with Gasteiger partial charge in [-0.05, 0) is 26.0 Å². The number of rotatable bonds is 8. The number of hydrogen-bond donors (Lipinski definition) is 2. The summed E-state index contributed by atoms with van der Waals surface area (Å²) in [6.45, 7) is 6.50. The van der Waals surface area contributed by atoms with Crippen LogP contribution in [0.2, 0.25) is 0 Å². The fourth-order valence-electron chi connectivity index (χ4n) is 1.93. The molecule has 1 amide bonds. The molecular weight excluding hydrogens is 393 g/mol. The Morgan fingerprint density at radius 3 is 2.68 bits per heavy atom. The van der Waals surface area contributed by atoms with Gasteiger partial charge in [0.25, 0.3) is 0 Å². The van der Waals surface area contributed by atoms with Gasteiger partial charge >= 0.3 is 0 Å². The highest BCUT2D eigenvalue weighted by Crippen LogP contribution is 1.95. The van der Waals surface area contributed by atoms with Gasteiger partial charge in [-0.25, -0.2) is 0 Å². The van der Waals surface area contributed by atoms with Crippen molar-refractivity contribution < 1.29 is 4.79 Å². The number of aliphatic imine (C=N–C) groups is 1. The molecule has 0 bridgehead atoms. The summed E-state index contributed by atoms with van der Waals surface area (Å²) < 4.78 is 0. The average molecular weight is 419 g/mol. The molecule has 0 saturated heterocycles. The van der Waals surface area contributed by atoms with Crippen LogP contribution in [0.3, 0.4) is 0 Å². The zero-order chi connectivity index (χ0) is 15.5. The van der Waals surface area contributed by atoms with Crippen molar-refractivity contribution in [1.82, 2.24) is 15.2 Å². The first-order chi connectivity index (χ1) is 10.2. The van der Waals surface area contributed by atoms with E-state index in [2.05, 4.69) is 15.3 Å². The summed E-state index contributed by atoms with van der Waals surface area (Å²) in [7, 11) is 0. The van der Waals surface area contributed by atoms with Crippen LogP contribution in [0.5, 0.6) is 0 Å². The number of amides is 1. The number of nitrogens with zero attached hydrogens (tertiary/aromatic N) is 3. The normalized spacial score (nSPS) is 10.7. The van der Waals surface area contributed by atoms with Crippen LogP contribution in [0.15, 0.2) is 29.4 Å². The quantitative estimate of drug-likeness (QED) is 0.379. The fourth-order valence-corrected chi connectivity index (χ4v) is 1.93. The Balaban J connectivity index is 0.00000441. The highest BCUT2D eigenvalue weighted by Gasteiger charge is 2.08. The Labute approximate surface area is 149 Å². The first-order valence-electron chi connectivity index (χ1n) is 7.38. The number of nitrogens with one attached hydrogen (secondary N) is 1. The lowest BCUT2D eigenvalue weighted by molar-refractivity contribution is -0.130. The van der Waals surface area contributed by atoms with E-state index in [1.54, 1.807) is 11.1 Å². The number of carbonyl (C=O) groups is 1. The molecule has 0 aliphatic rings. The van der Waals surface area contributed by atoms with E-state index in [1.165, 1.54) is 0 Å². The number of carbonyl (C=O) groups excluding carboxylic acids is 1. The molecule has 0 aromatic carbocycles. The monoisotopic (exact) mass is 419 g/mol. The zero-order valence-electron chi connectivity index (χ0n) is 13.3. The third kappa shape index (κ3) is 8.16. The van der Waals surface area contributed by atoms with E-state index in [4.69, 9.17) is 5.73 Å². The van der Waals surface area contributed by atoms with Crippen molar-refractivity contribution in [3.63, 3.8) is 0 Å². The molecule has 0 saturated carbocycles. The number of hydrogen-bond acceptors (Lipinski definition) is 3. The van der Waals surface area contributed by atoms with Crippen molar-refractivity contribution >= 4 is 35.8 Å². The second kappa shape index (κ2) is 12.2. The van der Waals surface area contributed by atoms with Gasteiger partial charge in [0.15, 0.2) is 5.96 Å². The number of guanidine groups is 1. The van der Waals surface area contributed by atoms with Gasteiger partial charge in [-0.3, -0.25) is 14.8 Å². The van der Waals surface area contributed by atoms with Gasteiger partial charge in [0.05, 0.1) is 6.54 Å². The minimum absolute atomic E-state index is 0. The lowest BCUT2D eigenvalue weighted by Crippen LogP contribution is -2.34. The van der Waals surface area contributed by atoms with Crippen LogP contribution < -0.4 is 11.1 Å². The molecule has 7 heteroatoms. The van der Waals surface area contributed by atoms with Crippen LogP contribution in [0.1, 0.15) is 26.0 Å². The maximum atomic E-state index is 11.8. The molecule has 1 heterocycles. The van der Waals surface area contributed by atoms with Gasteiger partial charge < -0.3 is 16.0 Å². The van der Waals surface area contributed by atoms with Crippen molar-refractivity contribution in [3.05, 3.63) is 30.1 Å². The Bertz CT molecular complexity index is 449. The molecule has 3 N–H and O–H groups in total. The molecule has 0 aliphatic heterocycles. The lowest BCUT2D eigenvalue weighted by Gasteiger charge is -2.17. The fraction of sp³-hybridized carbons (Fsp3) is 0.533. The largest absolute Gasteiger partial charge is 0.370 e. The van der Waals surface area contributed by atoms with E-state index in [0.29, 0.717) is 25.5 Å². The molecular formula is C15H26IN5O. The molecule has 6 nitrogen and oxygen atoms in total. The number of aromatic nitrogens is 1. The molecule has 0 radical (unpaired) electrons. The predicted octanol–water partition coefficient (Wildman–Crippen LogP) is 1.40. The molecule has 1 rings (SSSR count). The van der Waals surface area contributed by atoms with Gasteiger partial charge in [0.2, 0.25) is 5.91 Å². The number of halogens is 1. The van der Waals surface area contributed by atoms with Crippen molar-refractivity contribution in [1.29, 1.82) is 0 Å². The third-order valence-electron chi connectivity index (χ3n) is 3.14. The Kier molecular flexibility index (Phi) is 11.4. The molecule has 124 valence electrons. The van der Waals surface area contributed by atoms with Gasteiger partial charge in [-0.2, -0.15) is 0 Å². The van der Waals surface area contributed by atoms with Gasteiger partial charge in [0, 0.05) is 44.4 Å². The van der Waals surface area contributed by atoms with E-state index < -0.39 is 0 Å². The lowest BCUT2D eigenvalue weighted by atomic mass is 10.3. The first kappa shape index (κ1) is 20.6. The molecule has 0 spiro atoms. The van der Waals surface area contributed by atoms with Crippen molar-refractivity contribution in [3.8, 4) is 0 Å². The van der Waals surface area contributed by atoms with E-state index in [-0.39, 0.29) is 29.9 Å². The summed E-state index contributed by atoms with van der Waals surface area (Å²) in [6, 6.07) is 5.82. The van der Waals surface area contributed by atoms with E-state index in [9.17, 15) is 4.79 Å². The molecule has 22 heavy (non-hydrogen) atoms. The van der Waals surface area contributed by atoms with E-state index >= 15 is 0 Å². The van der Waals surface area contributed by atoms with Crippen LogP contribution in [-0.4, -0.2) is 47.9 Å². The highest BCUT2D eigenvalue weighted by molar-refractivity contribution is 14.0. The Hall–Kier alpha value is -1.38. The van der Waals surface area contributed by atoms with E-state index in [0.717, 1.165) is 25.2 Å². The van der Waals surface area contributed by atoms with Crippen molar-refractivity contribution in [2.45, 2.75) is 26.7 Å². The summed E-state index contributed by atoms with van der Waals surface area (Å²) in [4.78, 5) is 22.0. The number of nitrogens with two attached hydrogens (primary N) is 1. The Morgan fingerprint density at radius 1 is 1.36 bits per heavy atom. The average Bonchev–Trinajstić information content (AvgIpc) is 2.49. The topological polar surface area (TPSA) is 83.6 Å². The summed E-state index contributed by atoms with van der Waals surface area (Å²) in [5.74, 6) is 0.489. The van der Waals surface area contributed by atoms with Crippen molar-refractivity contribution in [2.24, 2.45) is 10.7 Å². The second-order valence-electron chi connectivity index (χ2n) is 4.58. The molecule has 0 aliphatic carbocycles. The highest BCUT2D eigenvalue weighted by atomic mass is 127. The maximum absolute atomic E-state index is 11.8. The maximum Gasteiger partial charge on any atom is 0.224 e. The molecule has 0 fully saturated rings. The smallest absolute Gasteiger partial charge is 0.224 e. The SMILES string of the molecule is CCN(CC)C(=O)CCN=C(N)NCCc1ccccn1.I. The van der Waals surface area contributed by atoms with Crippen LogP contribution in [-0.2, 0) is 11.2 Å². The standard InChI is InChI=1S/C15H25N5O.HI/c1-3-20(4-2)14(21)9-12-19-15(16)18-11-8-13-7-5-6-10-17-13;/h5-7,10H,3-4,8-9,11-12H2,1-2H3,(H3,16,18,19);1H. The van der Waals surface area contributed by atoms with Crippen LogP contribution in [0.25, 0.3) is 0 Å². The summed E-state index contributed by atoms with van der Waals surface area (Å²) in [5.41, 5.74) is 6.77. The van der Waals surface area contributed by atoms with Crippen LogP contribution in [0, 0.1) is 0 Å².